The molecule has 26 heavy (non-hydrogen) atoms. The van der Waals surface area contributed by atoms with Gasteiger partial charge in [0.15, 0.2) is 11.5 Å². The number of nitro groups is 1. The highest BCUT2D eigenvalue weighted by molar-refractivity contribution is 5.78. The van der Waals surface area contributed by atoms with Crippen LogP contribution in [0.15, 0.2) is 49.1 Å². The topological polar surface area (TPSA) is 79.4 Å². The van der Waals surface area contributed by atoms with Crippen molar-refractivity contribution in [3.8, 4) is 11.5 Å². The Kier molecular flexibility index (Phi) is 4.88. The quantitative estimate of drug-likeness (QED) is 0.367. The summed E-state index contributed by atoms with van der Waals surface area (Å²) in [5, 5.41) is 10.9. The van der Waals surface area contributed by atoms with Crippen LogP contribution in [0.2, 0.25) is 0 Å². The smallest absolute Gasteiger partial charge is 0.271 e. The van der Waals surface area contributed by atoms with E-state index < -0.39 is 4.92 Å². The van der Waals surface area contributed by atoms with Crippen LogP contribution in [0.3, 0.4) is 0 Å². The number of hydrogen-bond donors (Lipinski definition) is 0. The molecule has 2 aromatic carbocycles. The zero-order valence-electron chi connectivity index (χ0n) is 14.6. The van der Waals surface area contributed by atoms with Gasteiger partial charge in [0.05, 0.1) is 23.1 Å². The van der Waals surface area contributed by atoms with Gasteiger partial charge in [-0.15, -0.1) is 6.58 Å². The Morgan fingerprint density at radius 2 is 2.08 bits per heavy atom. The van der Waals surface area contributed by atoms with Gasteiger partial charge in [-0.1, -0.05) is 12.1 Å². The van der Waals surface area contributed by atoms with Crippen LogP contribution in [-0.2, 0) is 20.1 Å². The summed E-state index contributed by atoms with van der Waals surface area (Å²) in [4.78, 5) is 14.9. The molecule has 1 heterocycles. The summed E-state index contributed by atoms with van der Waals surface area (Å²) in [7, 11) is 3.44. The minimum atomic E-state index is -0.431. The van der Waals surface area contributed by atoms with Gasteiger partial charge in [-0.05, 0) is 30.2 Å². The van der Waals surface area contributed by atoms with Crippen molar-refractivity contribution >= 4 is 16.7 Å². The summed E-state index contributed by atoms with van der Waals surface area (Å²) in [6, 6.07) is 10.3. The van der Waals surface area contributed by atoms with Crippen molar-refractivity contribution in [2.45, 2.75) is 13.0 Å². The van der Waals surface area contributed by atoms with Crippen LogP contribution in [-0.4, -0.2) is 21.6 Å². The summed E-state index contributed by atoms with van der Waals surface area (Å²) in [6.07, 6.45) is 2.58. The average molecular weight is 353 g/mol. The Bertz CT molecular complexity index is 978. The number of fused-ring (bicyclic) bond motifs is 1. The van der Waals surface area contributed by atoms with Gasteiger partial charge in [-0.2, -0.15) is 0 Å². The molecule has 0 unspecified atom stereocenters. The van der Waals surface area contributed by atoms with E-state index in [0.717, 1.165) is 17.5 Å². The molecule has 3 aromatic rings. The lowest BCUT2D eigenvalue weighted by Gasteiger charge is -2.11. The summed E-state index contributed by atoms with van der Waals surface area (Å²) in [5.41, 5.74) is 2.47. The summed E-state index contributed by atoms with van der Waals surface area (Å²) in [6.45, 7) is 3.95. The predicted molar refractivity (Wildman–Crippen MR) is 98.6 cm³/mol. The molecule has 3 rings (SSSR count). The van der Waals surface area contributed by atoms with Crippen LogP contribution in [0.5, 0.6) is 11.5 Å². The SMILES string of the molecule is C=CCc1ccc(OCc2nc3cc([N+](=O)[O-])ccc3n2C)c(OC)c1. The number of allylic oxidation sites excluding steroid dienone is 1. The molecule has 0 N–H and O–H groups in total. The standard InChI is InChI=1S/C19H19N3O4/c1-4-5-13-6-9-17(18(10-13)25-3)26-12-19-20-15-11-14(22(23)24)7-8-16(15)21(19)2/h4,6-11H,1,5,12H2,2-3H3. The van der Waals surface area contributed by atoms with Crippen LogP contribution in [0.1, 0.15) is 11.4 Å². The van der Waals surface area contributed by atoms with E-state index in [-0.39, 0.29) is 12.3 Å². The number of nitro benzene ring substituents is 1. The third-order valence-corrected chi connectivity index (χ3v) is 4.13. The second kappa shape index (κ2) is 7.26. The van der Waals surface area contributed by atoms with Gasteiger partial charge in [0.1, 0.15) is 12.4 Å². The number of imidazole rings is 1. The highest BCUT2D eigenvalue weighted by atomic mass is 16.6. The summed E-state index contributed by atoms with van der Waals surface area (Å²) in [5.74, 6) is 1.91. The second-order valence-electron chi connectivity index (χ2n) is 5.78. The van der Waals surface area contributed by atoms with E-state index in [9.17, 15) is 10.1 Å². The molecule has 7 nitrogen and oxygen atoms in total. The highest BCUT2D eigenvalue weighted by Gasteiger charge is 2.14. The van der Waals surface area contributed by atoms with Gasteiger partial charge in [-0.25, -0.2) is 4.98 Å². The van der Waals surface area contributed by atoms with Crippen LogP contribution in [0, 0.1) is 10.1 Å². The van der Waals surface area contributed by atoms with E-state index >= 15 is 0 Å². The number of nitrogens with zero attached hydrogens (tertiary/aromatic N) is 3. The fourth-order valence-electron chi connectivity index (χ4n) is 2.75. The molecule has 0 aliphatic rings. The monoisotopic (exact) mass is 353 g/mol. The lowest BCUT2D eigenvalue weighted by molar-refractivity contribution is -0.384. The van der Waals surface area contributed by atoms with Crippen LogP contribution in [0.25, 0.3) is 11.0 Å². The molecule has 0 bridgehead atoms. The van der Waals surface area contributed by atoms with Crippen molar-refractivity contribution in [1.82, 2.24) is 9.55 Å². The minimum absolute atomic E-state index is 0.0162. The number of non-ortho nitro benzene ring substituents is 1. The molecule has 0 fully saturated rings. The number of aromatic nitrogens is 2. The lowest BCUT2D eigenvalue weighted by atomic mass is 10.1. The molecule has 0 saturated heterocycles. The number of rotatable bonds is 7. The van der Waals surface area contributed by atoms with Gasteiger partial charge in [0.25, 0.3) is 5.69 Å². The highest BCUT2D eigenvalue weighted by Crippen LogP contribution is 2.29. The first-order chi connectivity index (χ1) is 12.5. The maximum absolute atomic E-state index is 10.9. The minimum Gasteiger partial charge on any atom is -0.493 e. The number of aryl methyl sites for hydroxylation is 1. The van der Waals surface area contributed by atoms with Gasteiger partial charge >= 0.3 is 0 Å². The van der Waals surface area contributed by atoms with Crippen molar-refractivity contribution < 1.29 is 14.4 Å². The molecule has 0 amide bonds. The first-order valence-corrected chi connectivity index (χ1v) is 8.04. The molecular weight excluding hydrogens is 334 g/mol. The molecule has 0 atom stereocenters. The third kappa shape index (κ3) is 3.37. The Morgan fingerprint density at radius 3 is 2.77 bits per heavy atom. The number of benzene rings is 2. The van der Waals surface area contributed by atoms with E-state index in [2.05, 4.69) is 11.6 Å². The molecular formula is C19H19N3O4. The first kappa shape index (κ1) is 17.5. The Morgan fingerprint density at radius 1 is 1.27 bits per heavy atom. The van der Waals surface area contributed by atoms with Gasteiger partial charge in [-0.3, -0.25) is 10.1 Å². The summed E-state index contributed by atoms with van der Waals surface area (Å²) >= 11 is 0. The summed E-state index contributed by atoms with van der Waals surface area (Å²) < 4.78 is 13.1. The largest absolute Gasteiger partial charge is 0.493 e. The van der Waals surface area contributed by atoms with Crippen LogP contribution in [0.4, 0.5) is 5.69 Å². The molecule has 0 saturated carbocycles. The van der Waals surface area contributed by atoms with Crippen LogP contribution >= 0.6 is 0 Å². The molecule has 0 aliphatic carbocycles. The van der Waals surface area contributed by atoms with Gasteiger partial charge < -0.3 is 14.0 Å². The average Bonchev–Trinajstić information content (AvgIpc) is 2.96. The molecule has 0 spiro atoms. The lowest BCUT2D eigenvalue weighted by Crippen LogP contribution is -2.04. The van der Waals surface area contributed by atoms with Gasteiger partial charge in [0, 0.05) is 19.2 Å². The Balaban J connectivity index is 1.84. The molecule has 7 heteroatoms. The van der Waals surface area contributed by atoms with E-state index in [1.807, 2.05) is 35.9 Å². The van der Waals surface area contributed by atoms with Crippen LogP contribution < -0.4 is 9.47 Å². The van der Waals surface area contributed by atoms with Crippen molar-refractivity contribution in [3.63, 3.8) is 0 Å². The van der Waals surface area contributed by atoms with Crippen molar-refractivity contribution in [2.24, 2.45) is 7.05 Å². The van der Waals surface area contributed by atoms with Gasteiger partial charge in [0.2, 0.25) is 0 Å². The second-order valence-corrected chi connectivity index (χ2v) is 5.78. The first-order valence-electron chi connectivity index (χ1n) is 8.04. The zero-order valence-corrected chi connectivity index (χ0v) is 14.6. The normalized spacial score (nSPS) is 10.7. The maximum Gasteiger partial charge on any atom is 0.271 e. The van der Waals surface area contributed by atoms with E-state index in [4.69, 9.17) is 9.47 Å². The van der Waals surface area contributed by atoms with E-state index in [1.165, 1.54) is 12.1 Å². The molecule has 0 radical (unpaired) electrons. The Hall–Kier alpha value is -3.35. The number of methoxy groups -OCH3 is 1. The van der Waals surface area contributed by atoms with Crippen molar-refractivity contribution in [1.29, 1.82) is 0 Å². The third-order valence-electron chi connectivity index (χ3n) is 4.13. The maximum atomic E-state index is 10.9. The zero-order chi connectivity index (χ0) is 18.7. The molecule has 1 aromatic heterocycles. The number of ether oxygens (including phenoxy) is 2. The fraction of sp³-hybridized carbons (Fsp3) is 0.211. The van der Waals surface area contributed by atoms with E-state index in [1.54, 1.807) is 13.2 Å². The molecule has 134 valence electrons. The fourth-order valence-corrected chi connectivity index (χ4v) is 2.75. The van der Waals surface area contributed by atoms with Crippen molar-refractivity contribution in [2.75, 3.05) is 7.11 Å². The van der Waals surface area contributed by atoms with Crippen molar-refractivity contribution in [3.05, 3.63) is 70.6 Å². The van der Waals surface area contributed by atoms with E-state index in [0.29, 0.717) is 22.8 Å². The predicted octanol–water partition coefficient (Wildman–Crippen LogP) is 3.80. The number of hydrogen-bond acceptors (Lipinski definition) is 5. The molecule has 0 aliphatic heterocycles. The Labute approximate surface area is 150 Å².